The number of esters is 2. The maximum Gasteiger partial charge on any atom is 0.333 e. The van der Waals surface area contributed by atoms with Crippen LogP contribution in [0.3, 0.4) is 0 Å². The van der Waals surface area contributed by atoms with Crippen LogP contribution in [0, 0.1) is 0 Å². The molecule has 3 aromatic rings. The van der Waals surface area contributed by atoms with Gasteiger partial charge in [-0.25, -0.2) is 9.59 Å². The standard InChI is InChI=1S/C37H40O7S/c1-4-35(38)43-25-8-6-5-7-24-41-32-17-10-29(11-18-32)12-23-36(39)45-34-21-15-31(16-22-34)30-13-19-33(20-14-30)42-26-9-27-44-37(40)28(2)3/h4,10-23H,1-2,5-9,24-27H2,3H3/b23-12+. The van der Waals surface area contributed by atoms with Crippen LogP contribution in [-0.4, -0.2) is 43.5 Å². The van der Waals surface area contributed by atoms with E-state index in [1.165, 1.54) is 17.8 Å². The Bertz CT molecular complexity index is 1430. The Morgan fingerprint density at radius 3 is 1.82 bits per heavy atom. The van der Waals surface area contributed by atoms with E-state index in [-0.39, 0.29) is 23.7 Å². The average Bonchev–Trinajstić information content (AvgIpc) is 3.05. The second kappa shape index (κ2) is 19.7. The first-order chi connectivity index (χ1) is 21.8. The number of rotatable bonds is 19. The van der Waals surface area contributed by atoms with Crippen molar-refractivity contribution in [3.63, 3.8) is 0 Å². The number of carbonyl (C=O) groups excluding carboxylic acids is 3. The Labute approximate surface area is 269 Å². The summed E-state index contributed by atoms with van der Waals surface area (Å²) in [5.41, 5.74) is 3.37. The summed E-state index contributed by atoms with van der Waals surface area (Å²) in [7, 11) is 0. The summed E-state index contributed by atoms with van der Waals surface area (Å²) < 4.78 is 21.5. The minimum atomic E-state index is -0.388. The highest BCUT2D eigenvalue weighted by Gasteiger charge is 2.05. The molecule has 0 radical (unpaired) electrons. The van der Waals surface area contributed by atoms with Gasteiger partial charge in [-0.1, -0.05) is 55.6 Å². The zero-order valence-electron chi connectivity index (χ0n) is 25.7. The number of hydrogen-bond donors (Lipinski definition) is 0. The molecule has 0 amide bonds. The lowest BCUT2D eigenvalue weighted by molar-refractivity contribution is -0.139. The molecule has 0 N–H and O–H groups in total. The second-order valence-electron chi connectivity index (χ2n) is 10.1. The fourth-order valence-corrected chi connectivity index (χ4v) is 4.61. The van der Waals surface area contributed by atoms with Gasteiger partial charge in [-0.05, 0) is 104 Å². The molecule has 7 nitrogen and oxygen atoms in total. The highest BCUT2D eigenvalue weighted by molar-refractivity contribution is 8.14. The largest absolute Gasteiger partial charge is 0.494 e. The monoisotopic (exact) mass is 628 g/mol. The number of benzene rings is 3. The first kappa shape index (κ1) is 34.9. The van der Waals surface area contributed by atoms with E-state index in [1.54, 1.807) is 19.1 Å². The average molecular weight is 629 g/mol. The van der Waals surface area contributed by atoms with Gasteiger partial charge in [0.1, 0.15) is 11.5 Å². The normalized spacial score (nSPS) is 10.7. The van der Waals surface area contributed by atoms with Gasteiger partial charge in [0.2, 0.25) is 5.12 Å². The molecule has 0 aliphatic heterocycles. The van der Waals surface area contributed by atoms with Crippen LogP contribution in [0.25, 0.3) is 17.2 Å². The minimum absolute atomic E-state index is 0.0572. The quantitative estimate of drug-likeness (QED) is 0.0568. The molecule has 0 aromatic heterocycles. The van der Waals surface area contributed by atoms with Crippen molar-refractivity contribution in [3.8, 4) is 22.6 Å². The molecule has 3 aromatic carbocycles. The van der Waals surface area contributed by atoms with E-state index >= 15 is 0 Å². The van der Waals surface area contributed by atoms with E-state index in [0.29, 0.717) is 31.8 Å². The molecular formula is C37H40O7S. The van der Waals surface area contributed by atoms with E-state index in [4.69, 9.17) is 18.9 Å². The summed E-state index contributed by atoms with van der Waals surface area (Å²) >= 11 is 1.18. The van der Waals surface area contributed by atoms with Gasteiger partial charge in [0.05, 0.1) is 26.4 Å². The van der Waals surface area contributed by atoms with Gasteiger partial charge in [0.25, 0.3) is 0 Å². The van der Waals surface area contributed by atoms with Crippen LogP contribution in [0.15, 0.2) is 109 Å². The molecule has 8 heteroatoms. The van der Waals surface area contributed by atoms with Crippen LogP contribution in [0.1, 0.15) is 44.6 Å². The zero-order valence-corrected chi connectivity index (χ0v) is 26.5. The number of thioether (sulfide) groups is 1. The maximum atomic E-state index is 12.5. The summed E-state index contributed by atoms with van der Waals surface area (Å²) in [5, 5.41) is -0.0572. The summed E-state index contributed by atoms with van der Waals surface area (Å²) in [4.78, 5) is 35.8. The van der Waals surface area contributed by atoms with Gasteiger partial charge < -0.3 is 18.9 Å². The third kappa shape index (κ3) is 13.7. The molecule has 0 spiro atoms. The first-order valence-electron chi connectivity index (χ1n) is 14.9. The molecule has 0 unspecified atom stereocenters. The van der Waals surface area contributed by atoms with Gasteiger partial charge in [0, 0.05) is 23.0 Å². The lowest BCUT2D eigenvalue weighted by atomic mass is 10.1. The van der Waals surface area contributed by atoms with Crippen molar-refractivity contribution in [2.75, 3.05) is 26.4 Å². The highest BCUT2D eigenvalue weighted by atomic mass is 32.2. The summed E-state index contributed by atoms with van der Waals surface area (Å²) in [6.45, 7) is 10.3. The zero-order chi connectivity index (χ0) is 32.3. The fourth-order valence-electron chi connectivity index (χ4n) is 3.97. The van der Waals surface area contributed by atoms with E-state index in [9.17, 15) is 14.4 Å². The predicted molar refractivity (Wildman–Crippen MR) is 179 cm³/mol. The van der Waals surface area contributed by atoms with Gasteiger partial charge in [-0.2, -0.15) is 0 Å². The Hall–Kier alpha value is -4.56. The van der Waals surface area contributed by atoms with Crippen LogP contribution in [0.2, 0.25) is 0 Å². The molecule has 0 aliphatic carbocycles. The minimum Gasteiger partial charge on any atom is -0.494 e. The Morgan fingerprint density at radius 2 is 1.22 bits per heavy atom. The molecule has 45 heavy (non-hydrogen) atoms. The Kier molecular flexibility index (Phi) is 15.3. The second-order valence-corrected chi connectivity index (χ2v) is 11.2. The molecule has 0 atom stereocenters. The van der Waals surface area contributed by atoms with Crippen LogP contribution < -0.4 is 9.47 Å². The first-order valence-corrected chi connectivity index (χ1v) is 15.7. The molecule has 236 valence electrons. The van der Waals surface area contributed by atoms with E-state index in [1.807, 2.05) is 72.8 Å². The fraction of sp³-hybridized carbons (Fsp3) is 0.270. The number of carbonyl (C=O) groups is 3. The van der Waals surface area contributed by atoms with Gasteiger partial charge in [-0.3, -0.25) is 4.79 Å². The molecule has 0 aliphatic rings. The predicted octanol–water partition coefficient (Wildman–Crippen LogP) is 8.24. The molecule has 3 rings (SSSR count). The van der Waals surface area contributed by atoms with Crippen molar-refractivity contribution >= 4 is 34.9 Å². The smallest absolute Gasteiger partial charge is 0.333 e. The lowest BCUT2D eigenvalue weighted by Crippen LogP contribution is -2.09. The number of hydrogen-bond acceptors (Lipinski definition) is 8. The van der Waals surface area contributed by atoms with Crippen molar-refractivity contribution in [1.82, 2.24) is 0 Å². The van der Waals surface area contributed by atoms with Crippen molar-refractivity contribution < 1.29 is 33.3 Å². The molecule has 0 saturated carbocycles. The maximum absolute atomic E-state index is 12.5. The summed E-state index contributed by atoms with van der Waals surface area (Å²) in [6, 6.07) is 23.3. The molecule has 0 heterocycles. The van der Waals surface area contributed by atoms with E-state index < -0.39 is 0 Å². The van der Waals surface area contributed by atoms with Crippen molar-refractivity contribution in [2.24, 2.45) is 0 Å². The van der Waals surface area contributed by atoms with Gasteiger partial charge in [0.15, 0.2) is 0 Å². The van der Waals surface area contributed by atoms with E-state index in [0.717, 1.165) is 58.8 Å². The topological polar surface area (TPSA) is 88.1 Å². The van der Waals surface area contributed by atoms with Gasteiger partial charge in [-0.15, -0.1) is 0 Å². The van der Waals surface area contributed by atoms with E-state index in [2.05, 4.69) is 13.2 Å². The molecule has 0 fully saturated rings. The summed E-state index contributed by atoms with van der Waals surface area (Å²) in [5.74, 6) is 0.757. The molecule has 0 saturated heterocycles. The lowest BCUT2D eigenvalue weighted by Gasteiger charge is -2.08. The van der Waals surface area contributed by atoms with Crippen molar-refractivity contribution in [1.29, 1.82) is 0 Å². The summed E-state index contributed by atoms with van der Waals surface area (Å²) in [6.07, 6.45) is 8.85. The van der Waals surface area contributed by atoms with Crippen LogP contribution in [-0.2, 0) is 23.9 Å². The Balaban J connectivity index is 1.34. The number of unbranched alkanes of at least 4 members (excludes halogenated alkanes) is 3. The van der Waals surface area contributed by atoms with Crippen LogP contribution in [0.5, 0.6) is 11.5 Å². The van der Waals surface area contributed by atoms with Crippen molar-refractivity contribution in [3.05, 3.63) is 109 Å². The SMILES string of the molecule is C=CC(=O)OCCCCCCOc1ccc(/C=C/C(=O)Sc2ccc(-c3ccc(OCCCOC(=O)C(=C)C)cc3)cc2)cc1. The highest BCUT2D eigenvalue weighted by Crippen LogP contribution is 2.27. The third-order valence-corrected chi connectivity index (χ3v) is 7.25. The van der Waals surface area contributed by atoms with Crippen molar-refractivity contribution in [2.45, 2.75) is 43.9 Å². The third-order valence-electron chi connectivity index (χ3n) is 6.41. The molecular weight excluding hydrogens is 588 g/mol. The van der Waals surface area contributed by atoms with Crippen LogP contribution in [0.4, 0.5) is 0 Å². The number of ether oxygens (including phenoxy) is 4. The molecule has 0 bridgehead atoms. The van der Waals surface area contributed by atoms with Crippen LogP contribution >= 0.6 is 11.8 Å². The van der Waals surface area contributed by atoms with Gasteiger partial charge >= 0.3 is 11.9 Å². The Morgan fingerprint density at radius 1 is 0.689 bits per heavy atom.